The van der Waals surface area contributed by atoms with E-state index in [2.05, 4.69) is 0 Å². The van der Waals surface area contributed by atoms with E-state index in [4.69, 9.17) is 18.9 Å². The number of carbonyl (C=O) groups excluding carboxylic acids is 3. The van der Waals surface area contributed by atoms with Crippen LogP contribution in [0.15, 0.2) is 0 Å². The fraction of sp³-hybridized carbons (Fsp3) is 0.786. The van der Waals surface area contributed by atoms with Crippen molar-refractivity contribution >= 4 is 29.7 Å². The Hall–Kier alpha value is -1.28. The Kier molecular flexibility index (Phi) is 7.15. The molecular weight excluding hydrogens is 312 g/mol. The van der Waals surface area contributed by atoms with E-state index in [1.54, 1.807) is 6.92 Å². The van der Waals surface area contributed by atoms with Gasteiger partial charge in [-0.3, -0.25) is 14.4 Å². The van der Waals surface area contributed by atoms with E-state index < -0.39 is 47.8 Å². The third kappa shape index (κ3) is 5.17. The van der Waals surface area contributed by atoms with Crippen LogP contribution in [0.2, 0.25) is 0 Å². The molecule has 7 nitrogen and oxygen atoms in total. The van der Waals surface area contributed by atoms with Gasteiger partial charge in [-0.15, -0.1) is 11.8 Å². The normalized spacial score (nSPS) is 31.2. The fourth-order valence-corrected chi connectivity index (χ4v) is 3.25. The van der Waals surface area contributed by atoms with Gasteiger partial charge in [0.15, 0.2) is 18.3 Å². The molecule has 0 N–H and O–H groups in total. The Balaban J connectivity index is 3.09. The minimum Gasteiger partial charge on any atom is -0.456 e. The van der Waals surface area contributed by atoms with Crippen molar-refractivity contribution in [1.82, 2.24) is 0 Å². The highest BCUT2D eigenvalue weighted by Crippen LogP contribution is 2.33. The van der Waals surface area contributed by atoms with E-state index in [1.807, 2.05) is 6.92 Å². The Morgan fingerprint density at radius 1 is 0.909 bits per heavy atom. The first-order chi connectivity index (χ1) is 10.3. The molecule has 0 saturated carbocycles. The van der Waals surface area contributed by atoms with Crippen molar-refractivity contribution < 1.29 is 33.3 Å². The summed E-state index contributed by atoms with van der Waals surface area (Å²) in [5.74, 6) is -0.877. The van der Waals surface area contributed by atoms with Gasteiger partial charge in [0.2, 0.25) is 0 Å². The first kappa shape index (κ1) is 18.8. The van der Waals surface area contributed by atoms with Crippen LogP contribution in [0.3, 0.4) is 0 Å². The van der Waals surface area contributed by atoms with Gasteiger partial charge in [-0.2, -0.15) is 0 Å². The lowest BCUT2D eigenvalue weighted by Crippen LogP contribution is -2.59. The molecule has 1 heterocycles. The summed E-state index contributed by atoms with van der Waals surface area (Å²) in [4.78, 5) is 34.1. The van der Waals surface area contributed by atoms with Gasteiger partial charge in [0, 0.05) is 20.8 Å². The molecule has 1 aliphatic rings. The van der Waals surface area contributed by atoms with Crippen LogP contribution < -0.4 is 0 Å². The van der Waals surface area contributed by atoms with Crippen LogP contribution in [0.25, 0.3) is 0 Å². The first-order valence-corrected chi connectivity index (χ1v) is 8.09. The molecule has 0 aromatic rings. The van der Waals surface area contributed by atoms with Gasteiger partial charge in [0.05, 0.1) is 6.10 Å². The Morgan fingerprint density at radius 2 is 1.36 bits per heavy atom. The molecule has 0 bridgehead atoms. The highest BCUT2D eigenvalue weighted by molar-refractivity contribution is 7.99. The predicted molar refractivity (Wildman–Crippen MR) is 79.1 cm³/mol. The van der Waals surface area contributed by atoms with Crippen LogP contribution in [0.1, 0.15) is 34.6 Å². The number of carbonyl (C=O) groups is 3. The van der Waals surface area contributed by atoms with E-state index >= 15 is 0 Å². The lowest BCUT2D eigenvalue weighted by atomic mass is 10.00. The molecular formula is C14H22O7S. The van der Waals surface area contributed by atoms with Crippen molar-refractivity contribution in [2.45, 2.75) is 64.5 Å². The Labute approximate surface area is 134 Å². The molecule has 0 radical (unpaired) electrons. The summed E-state index contributed by atoms with van der Waals surface area (Å²) < 4.78 is 21.6. The molecule has 0 aliphatic carbocycles. The summed E-state index contributed by atoms with van der Waals surface area (Å²) in [7, 11) is 0. The second kappa shape index (κ2) is 8.38. The van der Waals surface area contributed by atoms with Crippen LogP contribution in [0.5, 0.6) is 0 Å². The molecule has 1 aliphatic heterocycles. The van der Waals surface area contributed by atoms with Gasteiger partial charge < -0.3 is 18.9 Å². The van der Waals surface area contributed by atoms with Crippen molar-refractivity contribution in [3.8, 4) is 0 Å². The maximum Gasteiger partial charge on any atom is 0.303 e. The second-order valence-electron chi connectivity index (χ2n) is 4.89. The van der Waals surface area contributed by atoms with Gasteiger partial charge in [-0.1, -0.05) is 6.92 Å². The zero-order valence-electron chi connectivity index (χ0n) is 13.4. The van der Waals surface area contributed by atoms with Gasteiger partial charge in [0.25, 0.3) is 0 Å². The van der Waals surface area contributed by atoms with Crippen LogP contribution in [-0.2, 0) is 33.3 Å². The van der Waals surface area contributed by atoms with Crippen LogP contribution in [0, 0.1) is 0 Å². The molecule has 126 valence electrons. The van der Waals surface area contributed by atoms with Crippen LogP contribution in [-0.4, -0.2) is 53.5 Å². The van der Waals surface area contributed by atoms with Crippen molar-refractivity contribution in [1.29, 1.82) is 0 Å². The number of hydrogen-bond donors (Lipinski definition) is 0. The van der Waals surface area contributed by atoms with Gasteiger partial charge in [-0.05, 0) is 12.7 Å². The smallest absolute Gasteiger partial charge is 0.303 e. The number of thioether (sulfide) groups is 1. The molecule has 1 fully saturated rings. The number of hydrogen-bond acceptors (Lipinski definition) is 8. The van der Waals surface area contributed by atoms with E-state index in [0.29, 0.717) is 0 Å². The Bertz CT molecular complexity index is 425. The number of rotatable bonds is 5. The maximum atomic E-state index is 11.4. The topological polar surface area (TPSA) is 88.1 Å². The molecule has 1 saturated heterocycles. The lowest BCUT2D eigenvalue weighted by Gasteiger charge is -2.43. The summed E-state index contributed by atoms with van der Waals surface area (Å²) >= 11 is 1.43. The molecule has 22 heavy (non-hydrogen) atoms. The number of esters is 3. The highest BCUT2D eigenvalue weighted by atomic mass is 32.2. The molecule has 1 rings (SSSR count). The van der Waals surface area contributed by atoms with Crippen molar-refractivity contribution in [2.24, 2.45) is 0 Å². The summed E-state index contributed by atoms with van der Waals surface area (Å²) in [6, 6.07) is 0. The summed E-state index contributed by atoms with van der Waals surface area (Å²) in [6.07, 6.45) is -3.08. The quantitative estimate of drug-likeness (QED) is 0.549. The average molecular weight is 334 g/mol. The van der Waals surface area contributed by atoms with Crippen molar-refractivity contribution in [3.63, 3.8) is 0 Å². The van der Waals surface area contributed by atoms with E-state index in [1.165, 1.54) is 32.5 Å². The molecule has 0 spiro atoms. The standard InChI is InChI=1S/C14H22O7S/c1-6-22-14-13(21-10(5)17)12(20-9(4)16)11(7(2)18-14)19-8(3)15/h7,11-14H,6H2,1-5H3/t7-,11-,12+,13+,14+/m0/s1. The minimum atomic E-state index is -0.905. The van der Waals surface area contributed by atoms with E-state index in [-0.39, 0.29) is 0 Å². The zero-order chi connectivity index (χ0) is 16.9. The molecule has 0 unspecified atom stereocenters. The fourth-order valence-electron chi connectivity index (χ4n) is 2.27. The SMILES string of the molecule is CCS[C@H]1O[C@@H](C)[C@H](OC(C)=O)[C@@H](OC(C)=O)[C@H]1OC(C)=O. The lowest BCUT2D eigenvalue weighted by molar-refractivity contribution is -0.228. The summed E-state index contributed by atoms with van der Waals surface area (Å²) in [5.41, 5.74) is -0.500. The predicted octanol–water partition coefficient (Wildman–Crippen LogP) is 1.28. The summed E-state index contributed by atoms with van der Waals surface area (Å²) in [6.45, 7) is 7.42. The molecule has 0 amide bonds. The van der Waals surface area contributed by atoms with Gasteiger partial charge in [-0.25, -0.2) is 0 Å². The molecule has 5 atom stereocenters. The van der Waals surface area contributed by atoms with Crippen molar-refractivity contribution in [2.75, 3.05) is 5.75 Å². The van der Waals surface area contributed by atoms with Gasteiger partial charge >= 0.3 is 17.9 Å². The third-order valence-corrected chi connectivity index (χ3v) is 4.01. The van der Waals surface area contributed by atoms with E-state index in [9.17, 15) is 14.4 Å². The van der Waals surface area contributed by atoms with E-state index in [0.717, 1.165) is 5.75 Å². The zero-order valence-corrected chi connectivity index (χ0v) is 14.2. The third-order valence-electron chi connectivity index (χ3n) is 2.96. The largest absolute Gasteiger partial charge is 0.456 e. The summed E-state index contributed by atoms with van der Waals surface area (Å²) in [5, 5.41) is 0. The molecule has 0 aromatic carbocycles. The average Bonchev–Trinajstić information content (AvgIpc) is 2.37. The Morgan fingerprint density at radius 3 is 1.82 bits per heavy atom. The van der Waals surface area contributed by atoms with Crippen molar-refractivity contribution in [3.05, 3.63) is 0 Å². The second-order valence-corrected chi connectivity index (χ2v) is 6.26. The highest BCUT2D eigenvalue weighted by Gasteiger charge is 2.50. The minimum absolute atomic E-state index is 0.496. The van der Waals surface area contributed by atoms with Gasteiger partial charge in [0.1, 0.15) is 5.44 Å². The molecule has 8 heteroatoms. The first-order valence-electron chi connectivity index (χ1n) is 7.05. The van der Waals surface area contributed by atoms with Crippen LogP contribution >= 0.6 is 11.8 Å². The van der Waals surface area contributed by atoms with Crippen LogP contribution in [0.4, 0.5) is 0 Å². The number of ether oxygens (including phenoxy) is 4. The maximum absolute atomic E-state index is 11.4. The monoisotopic (exact) mass is 334 g/mol. The molecule has 0 aromatic heterocycles.